The number of aliphatic hydroxyl groups excluding tert-OH is 1. The van der Waals surface area contributed by atoms with Gasteiger partial charge in [-0.25, -0.2) is 8.42 Å². The fourth-order valence-corrected chi connectivity index (χ4v) is 2.25. The van der Waals surface area contributed by atoms with E-state index in [1.165, 1.54) is 7.11 Å². The molecular formula is C10H23NO4S. The fourth-order valence-electron chi connectivity index (χ4n) is 1.39. The topological polar surface area (TPSA) is 66.8 Å². The summed E-state index contributed by atoms with van der Waals surface area (Å²) in [6.45, 7) is 3.12. The lowest BCUT2D eigenvalue weighted by Crippen LogP contribution is -2.33. The van der Waals surface area contributed by atoms with Gasteiger partial charge in [0, 0.05) is 19.4 Å². The second kappa shape index (κ2) is 8.00. The molecule has 1 atom stereocenters. The minimum Gasteiger partial charge on any atom is -0.389 e. The van der Waals surface area contributed by atoms with Gasteiger partial charge in [0.25, 0.3) is 0 Å². The van der Waals surface area contributed by atoms with Crippen LogP contribution in [0.15, 0.2) is 0 Å². The summed E-state index contributed by atoms with van der Waals surface area (Å²) in [6.07, 6.45) is 0.0876. The van der Waals surface area contributed by atoms with Gasteiger partial charge < -0.3 is 14.7 Å². The van der Waals surface area contributed by atoms with Gasteiger partial charge in [-0.2, -0.15) is 0 Å². The van der Waals surface area contributed by atoms with Crippen LogP contribution < -0.4 is 0 Å². The number of hydrogen-bond acceptors (Lipinski definition) is 5. The number of ether oxygens (including phenoxy) is 1. The van der Waals surface area contributed by atoms with Crippen LogP contribution in [0.3, 0.4) is 0 Å². The second-order valence-corrected chi connectivity index (χ2v) is 6.43. The lowest BCUT2D eigenvalue weighted by atomic mass is 10.3. The first-order valence-electron chi connectivity index (χ1n) is 5.47. The van der Waals surface area contributed by atoms with Crippen LogP contribution in [-0.2, 0) is 14.6 Å². The number of sulfone groups is 1. The number of hydrogen-bond donors (Lipinski definition) is 1. The highest BCUT2D eigenvalue weighted by Crippen LogP contribution is 1.97. The van der Waals surface area contributed by atoms with E-state index in [2.05, 4.69) is 0 Å². The number of methoxy groups -OCH3 is 1. The molecule has 0 rings (SSSR count). The maximum absolute atomic E-state index is 11.2. The summed E-state index contributed by atoms with van der Waals surface area (Å²) in [5.74, 6) is 0.414. The smallest absolute Gasteiger partial charge is 0.150 e. The van der Waals surface area contributed by atoms with Gasteiger partial charge in [0.15, 0.2) is 0 Å². The molecule has 1 unspecified atom stereocenters. The van der Waals surface area contributed by atoms with Crippen LogP contribution >= 0.6 is 0 Å². The molecule has 0 aromatic heterocycles. The third-order valence-corrected chi connectivity index (χ3v) is 4.11. The molecule has 0 radical (unpaired) electrons. The molecule has 0 aromatic carbocycles. The van der Waals surface area contributed by atoms with E-state index in [0.717, 1.165) is 0 Å². The highest BCUT2D eigenvalue weighted by molar-refractivity contribution is 7.91. The van der Waals surface area contributed by atoms with Crippen LogP contribution in [0.1, 0.15) is 13.3 Å². The molecule has 0 saturated carbocycles. The third kappa shape index (κ3) is 8.04. The minimum atomic E-state index is -2.87. The quantitative estimate of drug-likeness (QED) is 0.614. The Morgan fingerprint density at radius 1 is 1.44 bits per heavy atom. The van der Waals surface area contributed by atoms with E-state index in [1.807, 2.05) is 11.9 Å². The van der Waals surface area contributed by atoms with Gasteiger partial charge in [-0.3, -0.25) is 0 Å². The molecule has 0 amide bonds. The highest BCUT2D eigenvalue weighted by Gasteiger charge is 2.10. The van der Waals surface area contributed by atoms with Gasteiger partial charge in [-0.15, -0.1) is 0 Å². The zero-order valence-electron chi connectivity index (χ0n) is 10.3. The van der Waals surface area contributed by atoms with E-state index in [9.17, 15) is 13.5 Å². The molecule has 0 aliphatic carbocycles. The zero-order valence-corrected chi connectivity index (χ0v) is 11.2. The first-order valence-corrected chi connectivity index (χ1v) is 7.29. The Morgan fingerprint density at radius 2 is 2.06 bits per heavy atom. The Kier molecular flexibility index (Phi) is 7.91. The maximum Gasteiger partial charge on any atom is 0.150 e. The van der Waals surface area contributed by atoms with E-state index in [4.69, 9.17) is 4.74 Å². The largest absolute Gasteiger partial charge is 0.389 e. The Bertz CT molecular complexity index is 266. The second-order valence-electron chi connectivity index (χ2n) is 3.96. The molecule has 0 aromatic rings. The highest BCUT2D eigenvalue weighted by atomic mass is 32.2. The molecule has 0 spiro atoms. The first kappa shape index (κ1) is 15.8. The molecule has 6 heteroatoms. The monoisotopic (exact) mass is 253 g/mol. The average molecular weight is 253 g/mol. The summed E-state index contributed by atoms with van der Waals surface area (Å²) in [6, 6.07) is 0. The van der Waals surface area contributed by atoms with Crippen LogP contribution in [-0.4, -0.2) is 69.9 Å². The third-order valence-electron chi connectivity index (χ3n) is 2.32. The van der Waals surface area contributed by atoms with Crippen LogP contribution in [0.5, 0.6) is 0 Å². The number of rotatable bonds is 9. The molecule has 0 aliphatic heterocycles. The molecule has 16 heavy (non-hydrogen) atoms. The molecule has 0 heterocycles. The fraction of sp³-hybridized carbons (Fsp3) is 1.00. The number of aliphatic hydroxyl groups is 1. The van der Waals surface area contributed by atoms with Crippen molar-refractivity contribution in [3.8, 4) is 0 Å². The van der Waals surface area contributed by atoms with E-state index >= 15 is 0 Å². The van der Waals surface area contributed by atoms with Crippen molar-refractivity contribution in [1.82, 2.24) is 4.90 Å². The van der Waals surface area contributed by atoms with Crippen molar-refractivity contribution in [1.29, 1.82) is 0 Å². The lowest BCUT2D eigenvalue weighted by Gasteiger charge is -2.19. The van der Waals surface area contributed by atoms with Gasteiger partial charge in [0.05, 0.1) is 18.5 Å². The average Bonchev–Trinajstić information content (AvgIpc) is 2.17. The van der Waals surface area contributed by atoms with Gasteiger partial charge in [0.2, 0.25) is 0 Å². The summed E-state index contributed by atoms with van der Waals surface area (Å²) in [5, 5.41) is 9.44. The molecule has 0 fully saturated rings. The molecule has 0 bridgehead atoms. The maximum atomic E-state index is 11.2. The minimum absolute atomic E-state index is 0.197. The van der Waals surface area contributed by atoms with Gasteiger partial charge >= 0.3 is 0 Å². The van der Waals surface area contributed by atoms with Crippen LogP contribution in [0.4, 0.5) is 0 Å². The Morgan fingerprint density at radius 3 is 2.56 bits per heavy atom. The molecular weight excluding hydrogens is 230 g/mol. The van der Waals surface area contributed by atoms with Crippen molar-refractivity contribution in [2.45, 2.75) is 19.4 Å². The van der Waals surface area contributed by atoms with Gasteiger partial charge in [0.1, 0.15) is 9.84 Å². The Balaban J connectivity index is 3.70. The van der Waals surface area contributed by atoms with Crippen molar-refractivity contribution in [3.05, 3.63) is 0 Å². The molecule has 5 nitrogen and oxygen atoms in total. The van der Waals surface area contributed by atoms with Crippen molar-refractivity contribution < 1.29 is 18.3 Å². The molecule has 0 aliphatic rings. The molecule has 0 saturated heterocycles. The van der Waals surface area contributed by atoms with E-state index in [1.54, 1.807) is 6.92 Å². The van der Waals surface area contributed by atoms with E-state index in [0.29, 0.717) is 26.1 Å². The summed E-state index contributed by atoms with van der Waals surface area (Å²) >= 11 is 0. The van der Waals surface area contributed by atoms with Crippen LogP contribution in [0, 0.1) is 0 Å². The van der Waals surface area contributed by atoms with Crippen molar-refractivity contribution in [2.75, 3.05) is 45.4 Å². The predicted molar refractivity (Wildman–Crippen MR) is 64.3 cm³/mol. The summed E-state index contributed by atoms with van der Waals surface area (Å²) in [4.78, 5) is 1.91. The standard InChI is InChI=1S/C10H23NO4S/c1-4-16(13,14)7-5-6-11(2)8-10(12)9-15-3/h10,12H,4-9H2,1-3H3. The molecule has 1 N–H and O–H groups in total. The summed E-state index contributed by atoms with van der Waals surface area (Å²) < 4.78 is 27.2. The number of nitrogens with zero attached hydrogens (tertiary/aromatic N) is 1. The SMILES string of the molecule is CCS(=O)(=O)CCCN(C)CC(O)COC. The normalized spacial score (nSPS) is 14.3. The van der Waals surface area contributed by atoms with Crippen molar-refractivity contribution in [3.63, 3.8) is 0 Å². The molecule has 98 valence electrons. The summed E-state index contributed by atoms with van der Waals surface area (Å²) in [5.41, 5.74) is 0. The van der Waals surface area contributed by atoms with E-state index in [-0.39, 0.29) is 11.5 Å². The van der Waals surface area contributed by atoms with Crippen molar-refractivity contribution >= 4 is 9.84 Å². The predicted octanol–water partition coefficient (Wildman–Crippen LogP) is -0.250. The lowest BCUT2D eigenvalue weighted by molar-refractivity contribution is 0.0434. The first-order chi connectivity index (χ1) is 7.41. The van der Waals surface area contributed by atoms with Gasteiger partial charge in [-0.1, -0.05) is 6.92 Å². The number of likely N-dealkylation sites (N-methyl/N-ethyl adjacent to an activating group) is 1. The van der Waals surface area contributed by atoms with Crippen LogP contribution in [0.2, 0.25) is 0 Å². The van der Waals surface area contributed by atoms with Crippen LogP contribution in [0.25, 0.3) is 0 Å². The van der Waals surface area contributed by atoms with Crippen molar-refractivity contribution in [2.24, 2.45) is 0 Å². The zero-order chi connectivity index (χ0) is 12.6. The Labute approximate surface area is 98.3 Å². The van der Waals surface area contributed by atoms with Gasteiger partial charge in [-0.05, 0) is 20.0 Å². The summed E-state index contributed by atoms with van der Waals surface area (Å²) in [7, 11) is 0.530. The van der Waals surface area contributed by atoms with E-state index < -0.39 is 15.9 Å². The Hall–Kier alpha value is -0.170.